The summed E-state index contributed by atoms with van der Waals surface area (Å²) < 4.78 is 18.9. The second-order valence-corrected chi connectivity index (χ2v) is 7.38. The van der Waals surface area contributed by atoms with Crippen molar-refractivity contribution in [2.24, 2.45) is 0 Å². The lowest BCUT2D eigenvalue weighted by Gasteiger charge is -2.37. The van der Waals surface area contributed by atoms with E-state index in [4.69, 9.17) is 16.3 Å². The maximum Gasteiger partial charge on any atom is 0.241 e. The number of halogens is 2. The first kappa shape index (κ1) is 20.6. The van der Waals surface area contributed by atoms with Gasteiger partial charge in [-0.2, -0.15) is 0 Å². The second kappa shape index (κ2) is 9.37. The van der Waals surface area contributed by atoms with Gasteiger partial charge in [-0.1, -0.05) is 17.7 Å². The van der Waals surface area contributed by atoms with Crippen LogP contribution in [0.1, 0.15) is 12.5 Å². The summed E-state index contributed by atoms with van der Waals surface area (Å²) >= 11 is 5.97. The number of anilines is 1. The van der Waals surface area contributed by atoms with Crippen LogP contribution in [-0.4, -0.2) is 55.0 Å². The molecule has 0 radical (unpaired) electrons. The Morgan fingerprint density at radius 2 is 1.96 bits per heavy atom. The molecule has 1 atom stereocenters. The minimum atomic E-state index is -0.263. The first-order valence-electron chi connectivity index (χ1n) is 9.31. The summed E-state index contributed by atoms with van der Waals surface area (Å²) in [4.78, 5) is 16.9. The molecule has 0 saturated carbocycles. The van der Waals surface area contributed by atoms with E-state index in [1.54, 1.807) is 25.3 Å². The van der Waals surface area contributed by atoms with Crippen LogP contribution in [0.15, 0.2) is 42.5 Å². The molecule has 1 heterocycles. The number of carbonyl (C=O) groups is 1. The van der Waals surface area contributed by atoms with Gasteiger partial charge < -0.3 is 10.1 Å². The lowest BCUT2D eigenvalue weighted by molar-refractivity contribution is -0.121. The zero-order valence-corrected chi connectivity index (χ0v) is 16.9. The first-order chi connectivity index (χ1) is 13.5. The summed E-state index contributed by atoms with van der Waals surface area (Å²) in [6, 6.07) is 11.5. The fourth-order valence-electron chi connectivity index (χ4n) is 3.40. The van der Waals surface area contributed by atoms with Crippen molar-refractivity contribution in [2.75, 3.05) is 38.6 Å². The average molecular weight is 406 g/mol. The maximum atomic E-state index is 13.6. The molecule has 28 heavy (non-hydrogen) atoms. The van der Waals surface area contributed by atoms with E-state index in [9.17, 15) is 9.18 Å². The molecule has 2 aromatic rings. The maximum absolute atomic E-state index is 13.6. The summed E-state index contributed by atoms with van der Waals surface area (Å²) in [5.41, 5.74) is 1.53. The van der Waals surface area contributed by atoms with Gasteiger partial charge in [-0.15, -0.1) is 0 Å². The Hall–Kier alpha value is -2.15. The largest absolute Gasteiger partial charge is 0.496 e. The summed E-state index contributed by atoms with van der Waals surface area (Å²) in [5, 5.41) is 3.50. The molecule has 1 amide bonds. The summed E-state index contributed by atoms with van der Waals surface area (Å²) in [6.45, 7) is 5.66. The van der Waals surface area contributed by atoms with Crippen LogP contribution in [0.25, 0.3) is 0 Å². The third kappa shape index (κ3) is 5.22. The molecule has 2 aromatic carbocycles. The summed E-state index contributed by atoms with van der Waals surface area (Å²) in [7, 11) is 1.59. The van der Waals surface area contributed by atoms with E-state index in [1.165, 1.54) is 12.1 Å². The minimum absolute atomic E-state index is 0.0532. The molecule has 1 N–H and O–H groups in total. The molecular formula is C21H25ClFN3O2. The highest BCUT2D eigenvalue weighted by Gasteiger charge is 2.26. The Morgan fingerprint density at radius 1 is 1.21 bits per heavy atom. The fourth-order valence-corrected chi connectivity index (χ4v) is 3.59. The molecule has 0 spiro atoms. The van der Waals surface area contributed by atoms with E-state index in [2.05, 4.69) is 15.1 Å². The van der Waals surface area contributed by atoms with Crippen LogP contribution in [0.4, 0.5) is 10.1 Å². The van der Waals surface area contributed by atoms with Crippen molar-refractivity contribution in [2.45, 2.75) is 19.5 Å². The molecule has 3 rings (SSSR count). The van der Waals surface area contributed by atoms with Crippen LogP contribution in [0, 0.1) is 5.82 Å². The van der Waals surface area contributed by atoms with Gasteiger partial charge in [-0.25, -0.2) is 4.39 Å². The van der Waals surface area contributed by atoms with Crippen LogP contribution in [0.2, 0.25) is 5.02 Å². The van der Waals surface area contributed by atoms with E-state index in [1.807, 2.05) is 19.1 Å². The van der Waals surface area contributed by atoms with E-state index >= 15 is 0 Å². The zero-order chi connectivity index (χ0) is 20.1. The number of carbonyl (C=O) groups excluding carboxylic acids is 1. The molecule has 1 fully saturated rings. The molecule has 0 aromatic heterocycles. The number of amides is 1. The number of hydrogen-bond acceptors (Lipinski definition) is 4. The number of methoxy groups -OCH3 is 1. The second-order valence-electron chi connectivity index (χ2n) is 6.94. The van der Waals surface area contributed by atoms with Crippen molar-refractivity contribution in [3.05, 3.63) is 58.9 Å². The van der Waals surface area contributed by atoms with Crippen LogP contribution in [0.3, 0.4) is 0 Å². The molecule has 1 aliphatic rings. The van der Waals surface area contributed by atoms with Crippen LogP contribution < -0.4 is 10.1 Å². The predicted molar refractivity (Wildman–Crippen MR) is 109 cm³/mol. The van der Waals surface area contributed by atoms with Gasteiger partial charge in [-0.05, 0) is 43.3 Å². The van der Waals surface area contributed by atoms with Crippen molar-refractivity contribution in [1.82, 2.24) is 9.80 Å². The smallest absolute Gasteiger partial charge is 0.241 e. The zero-order valence-electron chi connectivity index (χ0n) is 16.1. The van der Waals surface area contributed by atoms with Gasteiger partial charge in [0, 0.05) is 49.0 Å². The number of benzene rings is 2. The molecule has 0 unspecified atom stereocenters. The number of rotatable bonds is 6. The first-order valence-corrected chi connectivity index (χ1v) is 9.69. The van der Waals surface area contributed by atoms with Crippen LogP contribution in [0.5, 0.6) is 5.75 Å². The topological polar surface area (TPSA) is 44.8 Å². The van der Waals surface area contributed by atoms with Crippen molar-refractivity contribution in [3.63, 3.8) is 0 Å². The molecule has 1 aliphatic heterocycles. The van der Waals surface area contributed by atoms with Gasteiger partial charge in [0.1, 0.15) is 11.6 Å². The molecule has 0 bridgehead atoms. The van der Waals surface area contributed by atoms with Gasteiger partial charge in [0.2, 0.25) is 5.91 Å². The lowest BCUT2D eigenvalue weighted by atomic mass is 10.1. The average Bonchev–Trinajstić information content (AvgIpc) is 2.68. The Labute approximate surface area is 170 Å². The lowest BCUT2D eigenvalue weighted by Crippen LogP contribution is -2.52. The van der Waals surface area contributed by atoms with E-state index in [0.717, 1.165) is 31.7 Å². The highest BCUT2D eigenvalue weighted by molar-refractivity contribution is 6.30. The summed E-state index contributed by atoms with van der Waals surface area (Å²) in [5.74, 6) is 0.376. The van der Waals surface area contributed by atoms with Gasteiger partial charge in [0.05, 0.1) is 13.2 Å². The van der Waals surface area contributed by atoms with Crippen LogP contribution >= 0.6 is 11.6 Å². The fraction of sp³-hybridized carbons (Fsp3) is 0.381. The Morgan fingerprint density at radius 3 is 2.64 bits per heavy atom. The Bertz CT molecular complexity index is 825. The van der Waals surface area contributed by atoms with E-state index in [0.29, 0.717) is 23.0 Å². The summed E-state index contributed by atoms with van der Waals surface area (Å²) in [6.07, 6.45) is 0. The van der Waals surface area contributed by atoms with Gasteiger partial charge in [0.15, 0.2) is 0 Å². The number of nitrogens with zero attached hydrogens (tertiary/aromatic N) is 2. The Kier molecular flexibility index (Phi) is 6.88. The van der Waals surface area contributed by atoms with Crippen molar-refractivity contribution >= 4 is 23.2 Å². The number of ether oxygens (including phenoxy) is 1. The third-order valence-corrected chi connectivity index (χ3v) is 5.30. The SMILES string of the molecule is COc1ccc(F)cc1CN1CCN([C@H](C)C(=O)Nc2cccc(Cl)c2)CC1. The highest BCUT2D eigenvalue weighted by atomic mass is 35.5. The van der Waals surface area contributed by atoms with Crippen molar-refractivity contribution in [3.8, 4) is 5.75 Å². The third-order valence-electron chi connectivity index (χ3n) is 5.06. The van der Waals surface area contributed by atoms with E-state index < -0.39 is 0 Å². The van der Waals surface area contributed by atoms with Gasteiger partial charge in [-0.3, -0.25) is 14.6 Å². The number of nitrogens with one attached hydrogen (secondary N) is 1. The van der Waals surface area contributed by atoms with Gasteiger partial charge in [0.25, 0.3) is 0 Å². The van der Waals surface area contributed by atoms with E-state index in [-0.39, 0.29) is 17.8 Å². The van der Waals surface area contributed by atoms with Crippen molar-refractivity contribution < 1.29 is 13.9 Å². The molecular weight excluding hydrogens is 381 g/mol. The van der Waals surface area contributed by atoms with Gasteiger partial charge >= 0.3 is 0 Å². The molecule has 7 heteroatoms. The molecule has 5 nitrogen and oxygen atoms in total. The van der Waals surface area contributed by atoms with Crippen molar-refractivity contribution in [1.29, 1.82) is 0 Å². The number of hydrogen-bond donors (Lipinski definition) is 1. The molecule has 150 valence electrons. The predicted octanol–water partition coefficient (Wildman–Crippen LogP) is 3.63. The number of piperazine rings is 1. The molecule has 0 aliphatic carbocycles. The quantitative estimate of drug-likeness (QED) is 0.797. The monoisotopic (exact) mass is 405 g/mol. The minimum Gasteiger partial charge on any atom is -0.496 e. The normalized spacial score (nSPS) is 16.6. The standard InChI is InChI=1S/C21H25ClFN3O2/c1-15(21(27)24-19-5-3-4-17(22)13-19)26-10-8-25(9-11-26)14-16-12-18(23)6-7-20(16)28-2/h3-7,12-13,15H,8-11,14H2,1-2H3,(H,24,27)/t15-/m1/s1. The Balaban J connectivity index is 1.53. The highest BCUT2D eigenvalue weighted by Crippen LogP contribution is 2.22. The van der Waals surface area contributed by atoms with Crippen LogP contribution in [-0.2, 0) is 11.3 Å². The molecule has 1 saturated heterocycles.